The summed E-state index contributed by atoms with van der Waals surface area (Å²) in [5.74, 6) is -0.209. The van der Waals surface area contributed by atoms with Crippen molar-refractivity contribution in [3.8, 4) is 0 Å². The molecule has 2 aromatic rings. The quantitative estimate of drug-likeness (QED) is 0.769. The standard InChI is InChI=1S/C16H18ClN3O2/c1-22-10-4-8-19-16(21)15-11-12(7-9-18-15)20-14-6-3-2-5-13(14)17/h2-3,5-7,9,11H,4,8,10H2,1H3,(H,18,20)(H,19,21). The first-order valence-electron chi connectivity index (χ1n) is 6.95. The van der Waals surface area contributed by atoms with Gasteiger partial charge >= 0.3 is 0 Å². The van der Waals surface area contributed by atoms with Gasteiger partial charge in [-0.2, -0.15) is 0 Å². The van der Waals surface area contributed by atoms with E-state index in [-0.39, 0.29) is 5.91 Å². The fraction of sp³-hybridized carbons (Fsp3) is 0.250. The second kappa shape index (κ2) is 8.36. The Labute approximate surface area is 134 Å². The second-order valence-corrected chi connectivity index (χ2v) is 5.04. The summed E-state index contributed by atoms with van der Waals surface area (Å²) in [5, 5.41) is 6.59. The van der Waals surface area contributed by atoms with Gasteiger partial charge in [0.15, 0.2) is 0 Å². The van der Waals surface area contributed by atoms with Gasteiger partial charge in [0.2, 0.25) is 0 Å². The van der Waals surface area contributed by atoms with E-state index in [9.17, 15) is 4.79 Å². The zero-order chi connectivity index (χ0) is 15.8. The highest BCUT2D eigenvalue weighted by molar-refractivity contribution is 6.33. The van der Waals surface area contributed by atoms with Crippen LogP contribution in [0.25, 0.3) is 0 Å². The number of methoxy groups -OCH3 is 1. The minimum atomic E-state index is -0.209. The number of ether oxygens (including phenoxy) is 1. The number of para-hydroxylation sites is 1. The van der Waals surface area contributed by atoms with Gasteiger partial charge in [-0.05, 0) is 30.7 Å². The van der Waals surface area contributed by atoms with E-state index in [0.717, 1.165) is 17.8 Å². The third-order valence-corrected chi connectivity index (χ3v) is 3.29. The molecular weight excluding hydrogens is 302 g/mol. The molecule has 1 aromatic heterocycles. The lowest BCUT2D eigenvalue weighted by Crippen LogP contribution is -2.26. The summed E-state index contributed by atoms with van der Waals surface area (Å²) in [4.78, 5) is 16.1. The summed E-state index contributed by atoms with van der Waals surface area (Å²) >= 11 is 6.11. The highest BCUT2D eigenvalue weighted by atomic mass is 35.5. The van der Waals surface area contributed by atoms with E-state index in [4.69, 9.17) is 16.3 Å². The molecule has 0 saturated heterocycles. The number of nitrogens with zero attached hydrogens (tertiary/aromatic N) is 1. The number of pyridine rings is 1. The lowest BCUT2D eigenvalue weighted by atomic mass is 10.2. The van der Waals surface area contributed by atoms with Gasteiger partial charge in [0.1, 0.15) is 5.69 Å². The molecule has 0 atom stereocenters. The van der Waals surface area contributed by atoms with Gasteiger partial charge in [-0.25, -0.2) is 0 Å². The van der Waals surface area contributed by atoms with Crippen molar-refractivity contribution in [3.05, 3.63) is 53.3 Å². The first kappa shape index (κ1) is 16.3. The number of halogens is 1. The predicted molar refractivity (Wildman–Crippen MR) is 87.8 cm³/mol. The minimum absolute atomic E-state index is 0.209. The smallest absolute Gasteiger partial charge is 0.269 e. The number of carbonyl (C=O) groups is 1. The predicted octanol–water partition coefficient (Wildman–Crippen LogP) is 3.24. The van der Waals surface area contributed by atoms with Crippen molar-refractivity contribution >= 4 is 28.9 Å². The molecule has 1 aromatic carbocycles. The fourth-order valence-electron chi connectivity index (χ4n) is 1.86. The van der Waals surface area contributed by atoms with Crippen LogP contribution in [-0.4, -0.2) is 31.2 Å². The van der Waals surface area contributed by atoms with Crippen LogP contribution in [0.2, 0.25) is 5.02 Å². The number of amides is 1. The third-order valence-electron chi connectivity index (χ3n) is 2.96. The summed E-state index contributed by atoms with van der Waals surface area (Å²) < 4.78 is 4.94. The number of aromatic nitrogens is 1. The van der Waals surface area contributed by atoms with Crippen LogP contribution >= 0.6 is 11.6 Å². The van der Waals surface area contributed by atoms with Crippen LogP contribution in [0.5, 0.6) is 0 Å². The molecule has 0 unspecified atom stereocenters. The fourth-order valence-corrected chi connectivity index (χ4v) is 2.04. The van der Waals surface area contributed by atoms with Crippen molar-refractivity contribution in [2.75, 3.05) is 25.6 Å². The molecular formula is C16H18ClN3O2. The lowest BCUT2D eigenvalue weighted by Gasteiger charge is -2.09. The van der Waals surface area contributed by atoms with Gasteiger partial charge in [-0.3, -0.25) is 9.78 Å². The molecule has 0 fully saturated rings. The first-order valence-corrected chi connectivity index (χ1v) is 7.33. The largest absolute Gasteiger partial charge is 0.385 e. The maximum atomic E-state index is 12.0. The summed E-state index contributed by atoms with van der Waals surface area (Å²) in [7, 11) is 1.63. The molecule has 0 radical (unpaired) electrons. The van der Waals surface area contributed by atoms with Crippen LogP contribution in [-0.2, 0) is 4.74 Å². The Kier molecular flexibility index (Phi) is 6.18. The average molecular weight is 320 g/mol. The molecule has 6 heteroatoms. The van der Waals surface area contributed by atoms with Gasteiger partial charge in [0.25, 0.3) is 5.91 Å². The molecule has 2 rings (SSSR count). The topological polar surface area (TPSA) is 63.2 Å². The molecule has 0 aliphatic heterocycles. The van der Waals surface area contributed by atoms with E-state index in [1.54, 1.807) is 31.5 Å². The van der Waals surface area contributed by atoms with Crippen molar-refractivity contribution in [2.24, 2.45) is 0 Å². The average Bonchev–Trinajstić information content (AvgIpc) is 2.54. The molecule has 0 spiro atoms. The monoisotopic (exact) mass is 319 g/mol. The van der Waals surface area contributed by atoms with Crippen molar-refractivity contribution in [2.45, 2.75) is 6.42 Å². The molecule has 5 nitrogen and oxygen atoms in total. The molecule has 1 heterocycles. The maximum absolute atomic E-state index is 12.0. The molecule has 22 heavy (non-hydrogen) atoms. The van der Waals surface area contributed by atoms with E-state index in [1.165, 1.54) is 0 Å². The Hall–Kier alpha value is -2.11. The zero-order valence-electron chi connectivity index (χ0n) is 12.3. The summed E-state index contributed by atoms with van der Waals surface area (Å²) in [6.45, 7) is 1.17. The van der Waals surface area contributed by atoms with E-state index < -0.39 is 0 Å². The normalized spacial score (nSPS) is 10.3. The Morgan fingerprint density at radius 2 is 2.14 bits per heavy atom. The molecule has 0 saturated carbocycles. The van der Waals surface area contributed by atoms with Crippen molar-refractivity contribution in [1.82, 2.24) is 10.3 Å². The van der Waals surface area contributed by atoms with Crippen molar-refractivity contribution < 1.29 is 9.53 Å². The maximum Gasteiger partial charge on any atom is 0.269 e. The van der Waals surface area contributed by atoms with Crippen LogP contribution in [0.3, 0.4) is 0 Å². The van der Waals surface area contributed by atoms with Gasteiger partial charge in [-0.1, -0.05) is 23.7 Å². The van der Waals surface area contributed by atoms with E-state index >= 15 is 0 Å². The molecule has 1 amide bonds. The lowest BCUT2D eigenvalue weighted by molar-refractivity contribution is 0.0943. The van der Waals surface area contributed by atoms with Gasteiger partial charge < -0.3 is 15.4 Å². The van der Waals surface area contributed by atoms with Crippen molar-refractivity contribution in [1.29, 1.82) is 0 Å². The van der Waals surface area contributed by atoms with Crippen LogP contribution in [0.1, 0.15) is 16.9 Å². The zero-order valence-corrected chi connectivity index (χ0v) is 13.1. The first-order chi connectivity index (χ1) is 10.7. The third kappa shape index (κ3) is 4.72. The highest BCUT2D eigenvalue weighted by Gasteiger charge is 2.08. The van der Waals surface area contributed by atoms with Crippen LogP contribution in [0.4, 0.5) is 11.4 Å². The van der Waals surface area contributed by atoms with E-state index in [0.29, 0.717) is 23.9 Å². The second-order valence-electron chi connectivity index (χ2n) is 4.64. The van der Waals surface area contributed by atoms with Crippen LogP contribution in [0, 0.1) is 0 Å². The molecule has 2 N–H and O–H groups in total. The van der Waals surface area contributed by atoms with Gasteiger partial charge in [-0.15, -0.1) is 0 Å². The highest BCUT2D eigenvalue weighted by Crippen LogP contribution is 2.24. The van der Waals surface area contributed by atoms with E-state index in [2.05, 4.69) is 15.6 Å². The Morgan fingerprint density at radius 3 is 2.91 bits per heavy atom. The molecule has 116 valence electrons. The molecule has 0 aliphatic carbocycles. The summed E-state index contributed by atoms with van der Waals surface area (Å²) in [6.07, 6.45) is 2.35. The minimum Gasteiger partial charge on any atom is -0.385 e. The Bertz CT molecular complexity index is 634. The molecule has 0 bridgehead atoms. The number of rotatable bonds is 7. The number of nitrogens with one attached hydrogen (secondary N) is 2. The summed E-state index contributed by atoms with van der Waals surface area (Å²) in [6, 6.07) is 10.9. The summed E-state index contributed by atoms with van der Waals surface area (Å²) in [5.41, 5.74) is 1.89. The van der Waals surface area contributed by atoms with Crippen LogP contribution in [0.15, 0.2) is 42.6 Å². The van der Waals surface area contributed by atoms with E-state index in [1.807, 2.05) is 18.2 Å². The van der Waals surface area contributed by atoms with Crippen LogP contribution < -0.4 is 10.6 Å². The molecule has 0 aliphatic rings. The Balaban J connectivity index is 2.00. The SMILES string of the molecule is COCCCNC(=O)c1cc(Nc2ccccc2Cl)ccn1. The Morgan fingerprint density at radius 1 is 1.32 bits per heavy atom. The number of hydrogen-bond donors (Lipinski definition) is 2. The number of benzene rings is 1. The number of hydrogen-bond acceptors (Lipinski definition) is 4. The number of anilines is 2. The van der Waals surface area contributed by atoms with Crippen molar-refractivity contribution in [3.63, 3.8) is 0 Å². The number of carbonyl (C=O) groups excluding carboxylic acids is 1. The van der Waals surface area contributed by atoms with Gasteiger partial charge in [0, 0.05) is 32.1 Å². The van der Waals surface area contributed by atoms with Gasteiger partial charge in [0.05, 0.1) is 10.7 Å².